The van der Waals surface area contributed by atoms with E-state index in [-0.39, 0.29) is 29.1 Å². The van der Waals surface area contributed by atoms with Crippen LogP contribution in [0, 0.1) is 16.0 Å². The summed E-state index contributed by atoms with van der Waals surface area (Å²) in [5, 5.41) is 23.8. The first-order chi connectivity index (χ1) is 12.1. The molecule has 3 atom stereocenters. The van der Waals surface area contributed by atoms with Crippen LogP contribution >= 0.6 is 0 Å². The number of fused-ring (bicyclic) bond motifs is 3. The number of carboxylic acid groups (broad SMARTS) is 1. The highest BCUT2D eigenvalue weighted by Crippen LogP contribution is 2.50. The molecule has 2 aromatic carbocycles. The zero-order valence-electron chi connectivity index (χ0n) is 13.3. The number of rotatable bonds is 3. The molecule has 1 heterocycles. The fourth-order valence-corrected chi connectivity index (χ4v) is 3.93. The third kappa shape index (κ3) is 2.46. The Kier molecular flexibility index (Phi) is 3.53. The van der Waals surface area contributed by atoms with Crippen molar-refractivity contribution in [1.82, 2.24) is 0 Å². The number of benzene rings is 2. The molecule has 2 N–H and O–H groups in total. The van der Waals surface area contributed by atoms with Crippen LogP contribution in [-0.4, -0.2) is 16.0 Å². The Morgan fingerprint density at radius 3 is 2.64 bits per heavy atom. The Bertz CT molecular complexity index is 889. The summed E-state index contributed by atoms with van der Waals surface area (Å²) in [7, 11) is 0. The van der Waals surface area contributed by atoms with Crippen LogP contribution in [0.2, 0.25) is 0 Å². The predicted molar refractivity (Wildman–Crippen MR) is 92.8 cm³/mol. The number of non-ortho nitro benzene ring substituents is 1. The van der Waals surface area contributed by atoms with E-state index >= 15 is 0 Å². The van der Waals surface area contributed by atoms with Gasteiger partial charge in [-0.05, 0) is 29.5 Å². The number of carbonyl (C=O) groups is 1. The second-order valence-corrected chi connectivity index (χ2v) is 6.40. The Morgan fingerprint density at radius 1 is 1.20 bits per heavy atom. The zero-order chi connectivity index (χ0) is 17.6. The summed E-state index contributed by atoms with van der Waals surface area (Å²) >= 11 is 0. The number of nitro benzene ring substituents is 1. The number of para-hydroxylation sites is 1. The number of aromatic carboxylic acids is 1. The second kappa shape index (κ2) is 5.73. The molecule has 0 spiro atoms. The maximum absolute atomic E-state index is 11.6. The first-order valence-corrected chi connectivity index (χ1v) is 8.10. The van der Waals surface area contributed by atoms with Crippen molar-refractivity contribution in [2.24, 2.45) is 5.92 Å². The van der Waals surface area contributed by atoms with Crippen LogP contribution in [0.15, 0.2) is 54.6 Å². The van der Waals surface area contributed by atoms with E-state index in [4.69, 9.17) is 0 Å². The SMILES string of the molecule is O=C(O)c1cccc2c1N[C@H](c1ccc([N+](=O)[O-])cc1)[C@@H]1CC=C[C@@H]21. The molecule has 25 heavy (non-hydrogen) atoms. The van der Waals surface area contributed by atoms with Crippen LogP contribution in [0.4, 0.5) is 11.4 Å². The van der Waals surface area contributed by atoms with Crippen LogP contribution in [0.1, 0.15) is 39.9 Å². The van der Waals surface area contributed by atoms with Gasteiger partial charge in [-0.25, -0.2) is 4.79 Å². The lowest BCUT2D eigenvalue weighted by Crippen LogP contribution is -2.30. The molecule has 2 aromatic rings. The van der Waals surface area contributed by atoms with Gasteiger partial charge in [0.25, 0.3) is 5.69 Å². The number of hydrogen-bond donors (Lipinski definition) is 2. The number of nitrogens with zero attached hydrogens (tertiary/aromatic N) is 1. The average Bonchev–Trinajstić information content (AvgIpc) is 3.10. The highest BCUT2D eigenvalue weighted by molar-refractivity contribution is 5.95. The smallest absolute Gasteiger partial charge is 0.337 e. The van der Waals surface area contributed by atoms with E-state index in [0.717, 1.165) is 17.5 Å². The standard InChI is InChI=1S/C19H16N2O4/c22-19(23)16-6-2-5-15-13-3-1-4-14(13)17(20-18(15)16)11-7-9-12(10-8-11)21(24)25/h1-3,5-10,13-14,17,20H,4H2,(H,22,23)/t13-,14-,17-/m1/s1. The first kappa shape index (κ1) is 15.4. The molecular formula is C19H16N2O4. The van der Waals surface area contributed by atoms with Crippen molar-refractivity contribution in [1.29, 1.82) is 0 Å². The van der Waals surface area contributed by atoms with E-state index in [1.807, 2.05) is 6.07 Å². The van der Waals surface area contributed by atoms with Crippen LogP contribution in [-0.2, 0) is 0 Å². The molecule has 0 bridgehead atoms. The third-order valence-corrected chi connectivity index (χ3v) is 5.09. The summed E-state index contributed by atoms with van der Waals surface area (Å²) in [6.45, 7) is 0. The molecule has 0 aromatic heterocycles. The molecule has 0 saturated heterocycles. The maximum atomic E-state index is 11.6. The topological polar surface area (TPSA) is 92.5 Å². The van der Waals surface area contributed by atoms with Crippen molar-refractivity contribution in [3.8, 4) is 0 Å². The van der Waals surface area contributed by atoms with E-state index < -0.39 is 10.9 Å². The summed E-state index contributed by atoms with van der Waals surface area (Å²) in [6, 6.07) is 11.7. The normalized spacial score (nSPS) is 23.4. The molecule has 6 heteroatoms. The lowest BCUT2D eigenvalue weighted by atomic mass is 9.76. The van der Waals surface area contributed by atoms with Gasteiger partial charge >= 0.3 is 5.97 Å². The van der Waals surface area contributed by atoms with Crippen LogP contribution < -0.4 is 5.32 Å². The largest absolute Gasteiger partial charge is 0.478 e. The minimum atomic E-state index is -0.966. The summed E-state index contributed by atoms with van der Waals surface area (Å²) in [5.74, 6) is -0.555. The highest BCUT2D eigenvalue weighted by atomic mass is 16.6. The highest BCUT2D eigenvalue weighted by Gasteiger charge is 2.39. The number of nitrogens with one attached hydrogen (secondary N) is 1. The van der Waals surface area contributed by atoms with Crippen molar-refractivity contribution in [3.05, 3.63) is 81.4 Å². The first-order valence-electron chi connectivity index (χ1n) is 8.10. The van der Waals surface area contributed by atoms with E-state index in [1.165, 1.54) is 12.1 Å². The summed E-state index contributed by atoms with van der Waals surface area (Å²) < 4.78 is 0. The molecule has 6 nitrogen and oxygen atoms in total. The van der Waals surface area contributed by atoms with Crippen molar-refractivity contribution >= 4 is 17.3 Å². The Balaban J connectivity index is 1.78. The Labute approximate surface area is 144 Å². The quantitative estimate of drug-likeness (QED) is 0.500. The monoisotopic (exact) mass is 336 g/mol. The number of hydrogen-bond acceptors (Lipinski definition) is 4. The molecule has 1 aliphatic carbocycles. The minimum absolute atomic E-state index is 0.0484. The fourth-order valence-electron chi connectivity index (χ4n) is 3.93. The molecule has 0 unspecified atom stereocenters. The van der Waals surface area contributed by atoms with Crippen LogP contribution in [0.25, 0.3) is 0 Å². The van der Waals surface area contributed by atoms with E-state index in [1.54, 1.807) is 24.3 Å². The number of anilines is 1. The molecule has 0 amide bonds. The lowest BCUT2D eigenvalue weighted by molar-refractivity contribution is -0.384. The number of nitro groups is 1. The van der Waals surface area contributed by atoms with Gasteiger partial charge in [0, 0.05) is 18.1 Å². The molecule has 0 saturated carbocycles. The van der Waals surface area contributed by atoms with Gasteiger partial charge in [-0.1, -0.05) is 36.4 Å². The molecule has 0 radical (unpaired) electrons. The molecule has 126 valence electrons. The second-order valence-electron chi connectivity index (χ2n) is 6.40. The molecule has 2 aliphatic rings. The van der Waals surface area contributed by atoms with Gasteiger partial charge in [-0.3, -0.25) is 10.1 Å². The molecule has 0 fully saturated rings. The lowest BCUT2D eigenvalue weighted by Gasteiger charge is -2.38. The fraction of sp³-hybridized carbons (Fsp3) is 0.211. The predicted octanol–water partition coefficient (Wildman–Crippen LogP) is 4.12. The number of allylic oxidation sites excluding steroid dienone is 2. The van der Waals surface area contributed by atoms with Crippen LogP contribution in [0.3, 0.4) is 0 Å². The minimum Gasteiger partial charge on any atom is -0.478 e. The van der Waals surface area contributed by atoms with Crippen molar-refractivity contribution in [2.75, 3.05) is 5.32 Å². The van der Waals surface area contributed by atoms with Crippen molar-refractivity contribution < 1.29 is 14.8 Å². The van der Waals surface area contributed by atoms with Crippen molar-refractivity contribution in [2.45, 2.75) is 18.4 Å². The Hall–Kier alpha value is -3.15. The average molecular weight is 336 g/mol. The summed E-state index contributed by atoms with van der Waals surface area (Å²) in [6.07, 6.45) is 5.14. The third-order valence-electron chi connectivity index (χ3n) is 5.09. The van der Waals surface area contributed by atoms with E-state index in [2.05, 4.69) is 17.5 Å². The van der Waals surface area contributed by atoms with Crippen LogP contribution in [0.5, 0.6) is 0 Å². The van der Waals surface area contributed by atoms with Crippen molar-refractivity contribution in [3.63, 3.8) is 0 Å². The van der Waals surface area contributed by atoms with Gasteiger partial charge in [0.2, 0.25) is 0 Å². The van der Waals surface area contributed by atoms with Gasteiger partial charge in [0.15, 0.2) is 0 Å². The molecular weight excluding hydrogens is 320 g/mol. The van der Waals surface area contributed by atoms with Gasteiger partial charge < -0.3 is 10.4 Å². The van der Waals surface area contributed by atoms with E-state index in [9.17, 15) is 20.0 Å². The van der Waals surface area contributed by atoms with E-state index in [0.29, 0.717) is 5.69 Å². The van der Waals surface area contributed by atoms with Gasteiger partial charge in [-0.15, -0.1) is 0 Å². The molecule has 4 rings (SSSR count). The number of carboxylic acids is 1. The van der Waals surface area contributed by atoms with Gasteiger partial charge in [-0.2, -0.15) is 0 Å². The summed E-state index contributed by atoms with van der Waals surface area (Å²) in [4.78, 5) is 22.0. The zero-order valence-corrected chi connectivity index (χ0v) is 13.3. The van der Waals surface area contributed by atoms with Gasteiger partial charge in [0.1, 0.15) is 0 Å². The van der Waals surface area contributed by atoms with Gasteiger partial charge in [0.05, 0.1) is 22.2 Å². The summed E-state index contributed by atoms with van der Waals surface area (Å²) in [5.41, 5.74) is 2.87. The molecule has 1 aliphatic heterocycles. The maximum Gasteiger partial charge on any atom is 0.337 e. The Morgan fingerprint density at radius 2 is 1.96 bits per heavy atom.